The van der Waals surface area contributed by atoms with Crippen LogP contribution in [0.2, 0.25) is 0 Å². The SMILES string of the molecule is Cc1cc(-n2nc3c(c2N2CCN(c4ccc(S(C)=O)cc4)C2=N)[C@H](C)NCC3)cc(C)c1F.Cl. The third-order valence-corrected chi connectivity index (χ3v) is 7.61. The molecule has 3 heterocycles. The molecule has 2 atom stereocenters. The van der Waals surface area contributed by atoms with E-state index in [2.05, 4.69) is 12.2 Å². The fourth-order valence-corrected chi connectivity index (χ4v) is 5.44. The standard InChI is InChI=1S/C25H29FN6OS.ClH/c1-15-13-19(14-16(2)23(15)26)32-24(22-17(3)28-10-9-21(22)29-32)31-12-11-30(25(31)27)18-5-7-20(8-6-18)34(4)33;/h5-8,13-14,17,27-28H,9-12H2,1-4H3;1H/t17-,34?;/m0./s1. The number of anilines is 2. The average Bonchev–Trinajstić information content (AvgIpc) is 3.38. The first-order valence-electron chi connectivity index (χ1n) is 11.5. The summed E-state index contributed by atoms with van der Waals surface area (Å²) in [6.07, 6.45) is 2.46. The van der Waals surface area contributed by atoms with E-state index < -0.39 is 10.8 Å². The van der Waals surface area contributed by atoms with Crippen molar-refractivity contribution in [3.05, 3.63) is 64.6 Å². The predicted molar refractivity (Wildman–Crippen MR) is 142 cm³/mol. The highest BCUT2D eigenvalue weighted by molar-refractivity contribution is 7.84. The molecule has 10 heteroatoms. The molecule has 2 aromatic carbocycles. The van der Waals surface area contributed by atoms with Crippen LogP contribution in [0.1, 0.15) is 35.3 Å². The molecule has 2 N–H and O–H groups in total. The van der Waals surface area contributed by atoms with Crippen LogP contribution in [0.3, 0.4) is 0 Å². The lowest BCUT2D eigenvalue weighted by Crippen LogP contribution is -2.35. The summed E-state index contributed by atoms with van der Waals surface area (Å²) in [6, 6.07) is 11.3. The largest absolute Gasteiger partial charge is 0.311 e. The van der Waals surface area contributed by atoms with Crippen molar-refractivity contribution in [2.45, 2.75) is 38.1 Å². The minimum Gasteiger partial charge on any atom is -0.311 e. The molecule has 1 fully saturated rings. The number of halogens is 2. The van der Waals surface area contributed by atoms with Crippen LogP contribution in [0.15, 0.2) is 41.3 Å². The van der Waals surface area contributed by atoms with Crippen molar-refractivity contribution >= 4 is 40.7 Å². The smallest absolute Gasteiger partial charge is 0.204 e. The molecule has 0 radical (unpaired) electrons. The minimum atomic E-state index is -1.04. The van der Waals surface area contributed by atoms with Gasteiger partial charge in [0.1, 0.15) is 11.6 Å². The number of rotatable bonds is 4. The molecule has 186 valence electrons. The van der Waals surface area contributed by atoms with Crippen LogP contribution in [0.5, 0.6) is 0 Å². The summed E-state index contributed by atoms with van der Waals surface area (Å²) >= 11 is 0. The second kappa shape index (κ2) is 9.72. The second-order valence-corrected chi connectivity index (χ2v) is 10.4. The molecule has 0 amide bonds. The first-order chi connectivity index (χ1) is 16.3. The van der Waals surface area contributed by atoms with Crippen molar-refractivity contribution < 1.29 is 8.60 Å². The lowest BCUT2D eigenvalue weighted by Gasteiger charge is -2.27. The molecule has 7 nitrogen and oxygen atoms in total. The number of benzene rings is 2. The molecule has 3 aromatic rings. The maximum atomic E-state index is 14.4. The van der Waals surface area contributed by atoms with Gasteiger partial charge in [-0.2, -0.15) is 5.10 Å². The molecule has 1 saturated heterocycles. The molecular weight excluding hydrogens is 487 g/mol. The molecule has 2 aliphatic rings. The molecular formula is C25H30ClFN6OS. The number of nitrogens with one attached hydrogen (secondary N) is 2. The second-order valence-electron chi connectivity index (χ2n) is 8.99. The molecule has 0 spiro atoms. The quantitative estimate of drug-likeness (QED) is 0.542. The van der Waals surface area contributed by atoms with E-state index in [1.807, 2.05) is 50.9 Å². The first-order valence-corrected chi connectivity index (χ1v) is 13.0. The first kappa shape index (κ1) is 25.3. The normalized spacial score (nSPS) is 18.4. The van der Waals surface area contributed by atoms with E-state index in [1.165, 1.54) is 0 Å². The zero-order valence-electron chi connectivity index (χ0n) is 20.3. The summed E-state index contributed by atoms with van der Waals surface area (Å²) < 4.78 is 28.0. The zero-order chi connectivity index (χ0) is 24.1. The van der Waals surface area contributed by atoms with Crippen LogP contribution < -0.4 is 15.1 Å². The molecule has 0 aliphatic carbocycles. The van der Waals surface area contributed by atoms with E-state index in [9.17, 15) is 8.60 Å². The van der Waals surface area contributed by atoms with E-state index in [0.717, 1.165) is 46.3 Å². The van der Waals surface area contributed by atoms with Gasteiger partial charge in [-0.1, -0.05) is 0 Å². The van der Waals surface area contributed by atoms with Gasteiger partial charge < -0.3 is 10.2 Å². The highest BCUT2D eigenvalue weighted by Gasteiger charge is 2.36. The Bertz CT molecular complexity index is 1290. The maximum absolute atomic E-state index is 14.4. The van der Waals surface area contributed by atoms with E-state index in [1.54, 1.807) is 20.1 Å². The van der Waals surface area contributed by atoms with E-state index >= 15 is 0 Å². The molecule has 5 rings (SSSR count). The number of hydrogen-bond donors (Lipinski definition) is 2. The van der Waals surface area contributed by atoms with Crippen molar-refractivity contribution in [2.24, 2.45) is 0 Å². The topological polar surface area (TPSA) is 77.2 Å². The Kier molecular flexibility index (Phi) is 7.04. The molecule has 0 bridgehead atoms. The van der Waals surface area contributed by atoms with Gasteiger partial charge in [0.15, 0.2) is 0 Å². The van der Waals surface area contributed by atoms with Crippen LogP contribution in [0, 0.1) is 25.1 Å². The van der Waals surface area contributed by atoms with Crippen LogP contribution in [0.25, 0.3) is 5.69 Å². The summed E-state index contributed by atoms with van der Waals surface area (Å²) in [4.78, 5) is 4.71. The van der Waals surface area contributed by atoms with Crippen molar-refractivity contribution in [1.82, 2.24) is 15.1 Å². The summed E-state index contributed by atoms with van der Waals surface area (Å²) in [7, 11) is -1.04. The monoisotopic (exact) mass is 516 g/mol. The van der Waals surface area contributed by atoms with Crippen molar-refractivity contribution in [3.63, 3.8) is 0 Å². The minimum absolute atomic E-state index is 0. The fraction of sp³-hybridized carbons (Fsp3) is 0.360. The number of nitrogens with zero attached hydrogens (tertiary/aromatic N) is 4. The number of hydrogen-bond acceptors (Lipinski definition) is 4. The van der Waals surface area contributed by atoms with Crippen LogP contribution in [0.4, 0.5) is 15.9 Å². The van der Waals surface area contributed by atoms with Gasteiger partial charge in [-0.05, 0) is 68.3 Å². The Hall–Kier alpha value is -2.75. The number of fused-ring (bicyclic) bond motifs is 1. The van der Waals surface area contributed by atoms with Crippen LogP contribution in [-0.4, -0.2) is 45.8 Å². The van der Waals surface area contributed by atoms with E-state index in [4.69, 9.17) is 10.5 Å². The Balaban J connectivity index is 0.00000289. The third kappa shape index (κ3) is 4.37. The van der Waals surface area contributed by atoms with Gasteiger partial charge >= 0.3 is 0 Å². The van der Waals surface area contributed by atoms with Crippen LogP contribution in [-0.2, 0) is 17.2 Å². The molecule has 35 heavy (non-hydrogen) atoms. The lowest BCUT2D eigenvalue weighted by atomic mass is 10.0. The van der Waals surface area contributed by atoms with Gasteiger partial charge in [-0.3, -0.25) is 14.5 Å². The van der Waals surface area contributed by atoms with Crippen molar-refractivity contribution in [1.29, 1.82) is 5.41 Å². The van der Waals surface area contributed by atoms with E-state index in [-0.39, 0.29) is 24.3 Å². The van der Waals surface area contributed by atoms with Gasteiger partial charge in [-0.15, -0.1) is 12.4 Å². The molecule has 1 unspecified atom stereocenters. The lowest BCUT2D eigenvalue weighted by molar-refractivity contribution is 0.538. The highest BCUT2D eigenvalue weighted by Crippen LogP contribution is 2.37. The molecule has 2 aliphatic heterocycles. The molecule has 0 saturated carbocycles. The summed E-state index contributed by atoms with van der Waals surface area (Å²) in [5.74, 6) is 1.02. The number of aromatic nitrogens is 2. The van der Waals surface area contributed by atoms with Gasteiger partial charge in [0.25, 0.3) is 0 Å². The van der Waals surface area contributed by atoms with Gasteiger partial charge in [-0.25, -0.2) is 9.07 Å². The Labute approximate surface area is 213 Å². The number of aryl methyl sites for hydroxylation is 2. The fourth-order valence-electron chi connectivity index (χ4n) is 4.92. The molecule has 1 aromatic heterocycles. The Morgan fingerprint density at radius 3 is 2.34 bits per heavy atom. The summed E-state index contributed by atoms with van der Waals surface area (Å²) in [5.41, 5.74) is 4.95. The van der Waals surface area contributed by atoms with Crippen molar-refractivity contribution in [2.75, 3.05) is 35.7 Å². The third-order valence-electron chi connectivity index (χ3n) is 6.68. The predicted octanol–water partition coefficient (Wildman–Crippen LogP) is 4.26. The van der Waals surface area contributed by atoms with Crippen molar-refractivity contribution in [3.8, 4) is 5.69 Å². The Morgan fingerprint density at radius 1 is 1.09 bits per heavy atom. The van der Waals surface area contributed by atoms with Gasteiger partial charge in [0, 0.05) is 65.3 Å². The summed E-state index contributed by atoms with van der Waals surface area (Å²) in [6.45, 7) is 7.79. The maximum Gasteiger partial charge on any atom is 0.204 e. The summed E-state index contributed by atoms with van der Waals surface area (Å²) in [5, 5.41) is 17.5. The van der Waals surface area contributed by atoms with E-state index in [0.29, 0.717) is 30.2 Å². The highest BCUT2D eigenvalue weighted by atomic mass is 35.5. The van der Waals surface area contributed by atoms with Gasteiger partial charge in [0.05, 0.1) is 11.4 Å². The van der Waals surface area contributed by atoms with Crippen LogP contribution >= 0.6 is 12.4 Å². The van der Waals surface area contributed by atoms with Gasteiger partial charge in [0.2, 0.25) is 5.96 Å². The average molecular weight is 517 g/mol. The Morgan fingerprint density at radius 2 is 1.71 bits per heavy atom. The zero-order valence-corrected chi connectivity index (χ0v) is 21.9. The number of guanidine groups is 1.